The summed E-state index contributed by atoms with van der Waals surface area (Å²) in [5.74, 6) is 0.263. The highest BCUT2D eigenvalue weighted by molar-refractivity contribution is 9.10. The maximum atomic E-state index is 11.7. The second kappa shape index (κ2) is 7.59. The molecule has 1 aromatic carbocycles. The molecule has 1 N–H and O–H groups in total. The van der Waals surface area contributed by atoms with E-state index in [0.29, 0.717) is 18.1 Å². The van der Waals surface area contributed by atoms with Crippen molar-refractivity contribution in [1.29, 1.82) is 0 Å². The Balaban J connectivity index is 2.28. The zero-order chi connectivity index (χ0) is 15.1. The SMILES string of the molecule is CCOC(=O)/C=C(/Nc1ccc(Br)cn1)c1ccccc1. The van der Waals surface area contributed by atoms with Crippen LogP contribution in [0.15, 0.2) is 59.2 Å². The summed E-state index contributed by atoms with van der Waals surface area (Å²) >= 11 is 3.34. The number of nitrogens with zero attached hydrogens (tertiary/aromatic N) is 1. The molecule has 0 amide bonds. The number of nitrogens with one attached hydrogen (secondary N) is 1. The fraction of sp³-hybridized carbons (Fsp3) is 0.125. The van der Waals surface area contributed by atoms with E-state index in [0.717, 1.165) is 10.0 Å². The van der Waals surface area contributed by atoms with Crippen molar-refractivity contribution in [3.8, 4) is 0 Å². The summed E-state index contributed by atoms with van der Waals surface area (Å²) in [6, 6.07) is 13.3. The average molecular weight is 347 g/mol. The molecule has 0 atom stereocenters. The highest BCUT2D eigenvalue weighted by atomic mass is 79.9. The highest BCUT2D eigenvalue weighted by Crippen LogP contribution is 2.18. The molecule has 2 rings (SSSR count). The van der Waals surface area contributed by atoms with E-state index in [1.807, 2.05) is 42.5 Å². The van der Waals surface area contributed by atoms with Crippen molar-refractivity contribution >= 4 is 33.4 Å². The van der Waals surface area contributed by atoms with Crippen LogP contribution in [0.3, 0.4) is 0 Å². The molecule has 0 bridgehead atoms. The van der Waals surface area contributed by atoms with E-state index in [4.69, 9.17) is 4.74 Å². The molecule has 0 spiro atoms. The van der Waals surface area contributed by atoms with Crippen LogP contribution in [-0.2, 0) is 9.53 Å². The number of carbonyl (C=O) groups excluding carboxylic acids is 1. The lowest BCUT2D eigenvalue weighted by atomic mass is 10.1. The van der Waals surface area contributed by atoms with Gasteiger partial charge in [-0.25, -0.2) is 9.78 Å². The Hall–Kier alpha value is -2.14. The van der Waals surface area contributed by atoms with Gasteiger partial charge in [0, 0.05) is 16.7 Å². The molecular weight excluding hydrogens is 332 g/mol. The van der Waals surface area contributed by atoms with Gasteiger partial charge in [0.15, 0.2) is 0 Å². The summed E-state index contributed by atoms with van der Waals surface area (Å²) in [6.07, 6.45) is 3.12. The number of esters is 1. The Morgan fingerprint density at radius 3 is 2.67 bits per heavy atom. The number of halogens is 1. The number of anilines is 1. The van der Waals surface area contributed by atoms with E-state index in [-0.39, 0.29) is 5.97 Å². The fourth-order valence-corrected chi connectivity index (χ4v) is 1.93. The molecular formula is C16H15BrN2O2. The monoisotopic (exact) mass is 346 g/mol. The molecule has 0 aliphatic carbocycles. The maximum absolute atomic E-state index is 11.7. The molecule has 2 aromatic rings. The van der Waals surface area contributed by atoms with E-state index >= 15 is 0 Å². The third-order valence-electron chi connectivity index (χ3n) is 2.62. The molecule has 0 saturated carbocycles. The van der Waals surface area contributed by atoms with Crippen LogP contribution in [0.5, 0.6) is 0 Å². The third-order valence-corrected chi connectivity index (χ3v) is 3.09. The lowest BCUT2D eigenvalue weighted by Crippen LogP contribution is -2.06. The van der Waals surface area contributed by atoms with Gasteiger partial charge < -0.3 is 10.1 Å². The summed E-state index contributed by atoms with van der Waals surface area (Å²) in [7, 11) is 0. The smallest absolute Gasteiger partial charge is 0.332 e. The summed E-state index contributed by atoms with van der Waals surface area (Å²) in [5, 5.41) is 3.14. The summed E-state index contributed by atoms with van der Waals surface area (Å²) in [4.78, 5) is 16.0. The zero-order valence-electron chi connectivity index (χ0n) is 11.5. The first kappa shape index (κ1) is 15.3. The van der Waals surface area contributed by atoms with Crippen molar-refractivity contribution in [2.24, 2.45) is 0 Å². The summed E-state index contributed by atoms with van der Waals surface area (Å²) in [6.45, 7) is 2.12. The molecule has 0 saturated heterocycles. The van der Waals surface area contributed by atoms with Crippen molar-refractivity contribution in [2.45, 2.75) is 6.92 Å². The van der Waals surface area contributed by atoms with Crippen molar-refractivity contribution < 1.29 is 9.53 Å². The van der Waals surface area contributed by atoms with Gasteiger partial charge >= 0.3 is 5.97 Å². The van der Waals surface area contributed by atoms with Gasteiger partial charge in [-0.05, 0) is 40.5 Å². The van der Waals surface area contributed by atoms with Gasteiger partial charge in [-0.3, -0.25) is 0 Å². The standard InChI is InChI=1S/C16H15BrN2O2/c1-2-21-16(20)10-14(12-6-4-3-5-7-12)19-15-9-8-13(17)11-18-15/h3-11H,2H2,1H3,(H,18,19)/b14-10+. The average Bonchev–Trinajstić information content (AvgIpc) is 2.50. The van der Waals surface area contributed by atoms with Crippen molar-refractivity contribution in [2.75, 3.05) is 11.9 Å². The Labute approximate surface area is 132 Å². The normalized spacial score (nSPS) is 11.0. The molecule has 5 heteroatoms. The number of aromatic nitrogens is 1. The molecule has 0 aliphatic rings. The van der Waals surface area contributed by atoms with Gasteiger partial charge in [-0.1, -0.05) is 30.3 Å². The Morgan fingerprint density at radius 2 is 2.05 bits per heavy atom. The van der Waals surface area contributed by atoms with Crippen LogP contribution >= 0.6 is 15.9 Å². The number of hydrogen-bond donors (Lipinski definition) is 1. The van der Waals surface area contributed by atoms with Crippen LogP contribution < -0.4 is 5.32 Å². The highest BCUT2D eigenvalue weighted by Gasteiger charge is 2.06. The van der Waals surface area contributed by atoms with Gasteiger partial charge in [0.05, 0.1) is 12.3 Å². The van der Waals surface area contributed by atoms with E-state index in [2.05, 4.69) is 26.2 Å². The molecule has 108 valence electrons. The lowest BCUT2D eigenvalue weighted by Gasteiger charge is -2.10. The molecule has 0 fully saturated rings. The Morgan fingerprint density at radius 1 is 1.29 bits per heavy atom. The van der Waals surface area contributed by atoms with Crippen LogP contribution in [0.25, 0.3) is 5.70 Å². The predicted molar refractivity (Wildman–Crippen MR) is 86.6 cm³/mol. The number of ether oxygens (including phenoxy) is 1. The van der Waals surface area contributed by atoms with E-state index in [9.17, 15) is 4.79 Å². The van der Waals surface area contributed by atoms with Gasteiger partial charge in [0.1, 0.15) is 5.82 Å². The lowest BCUT2D eigenvalue weighted by molar-refractivity contribution is -0.137. The van der Waals surface area contributed by atoms with Crippen molar-refractivity contribution in [3.63, 3.8) is 0 Å². The minimum absolute atomic E-state index is 0.341. The minimum Gasteiger partial charge on any atom is -0.463 e. The van der Waals surface area contributed by atoms with E-state index < -0.39 is 0 Å². The first-order valence-electron chi connectivity index (χ1n) is 6.51. The summed E-state index contributed by atoms with van der Waals surface area (Å²) in [5.41, 5.74) is 1.53. The van der Waals surface area contributed by atoms with Gasteiger partial charge in [-0.2, -0.15) is 0 Å². The van der Waals surface area contributed by atoms with Gasteiger partial charge in [0.2, 0.25) is 0 Å². The second-order valence-corrected chi connectivity index (χ2v) is 5.08. The first-order chi connectivity index (χ1) is 10.2. The number of rotatable bonds is 5. The molecule has 4 nitrogen and oxygen atoms in total. The molecule has 1 heterocycles. The molecule has 0 unspecified atom stereocenters. The quantitative estimate of drug-likeness (QED) is 0.659. The largest absolute Gasteiger partial charge is 0.463 e. The van der Waals surface area contributed by atoms with Gasteiger partial charge in [0.25, 0.3) is 0 Å². The van der Waals surface area contributed by atoms with Crippen LogP contribution in [0.1, 0.15) is 12.5 Å². The van der Waals surface area contributed by atoms with Crippen LogP contribution in [0, 0.1) is 0 Å². The number of pyridine rings is 1. The molecule has 21 heavy (non-hydrogen) atoms. The topological polar surface area (TPSA) is 51.2 Å². The second-order valence-electron chi connectivity index (χ2n) is 4.16. The Kier molecular flexibility index (Phi) is 5.51. The van der Waals surface area contributed by atoms with E-state index in [1.54, 1.807) is 13.1 Å². The van der Waals surface area contributed by atoms with Crippen LogP contribution in [-0.4, -0.2) is 17.6 Å². The molecule has 0 aliphatic heterocycles. The summed E-state index contributed by atoms with van der Waals surface area (Å²) < 4.78 is 5.86. The third kappa shape index (κ3) is 4.72. The van der Waals surface area contributed by atoms with Gasteiger partial charge in [-0.15, -0.1) is 0 Å². The Bertz CT molecular complexity index is 624. The number of hydrogen-bond acceptors (Lipinski definition) is 4. The van der Waals surface area contributed by atoms with Crippen molar-refractivity contribution in [3.05, 3.63) is 64.8 Å². The van der Waals surface area contributed by atoms with Crippen LogP contribution in [0.2, 0.25) is 0 Å². The predicted octanol–water partition coefficient (Wildman–Crippen LogP) is 3.86. The maximum Gasteiger partial charge on any atom is 0.332 e. The molecule has 1 aromatic heterocycles. The first-order valence-corrected chi connectivity index (χ1v) is 7.31. The minimum atomic E-state index is -0.388. The van der Waals surface area contributed by atoms with Crippen LogP contribution in [0.4, 0.5) is 5.82 Å². The molecule has 0 radical (unpaired) electrons. The fourth-order valence-electron chi connectivity index (χ4n) is 1.70. The van der Waals surface area contributed by atoms with E-state index in [1.165, 1.54) is 6.08 Å². The van der Waals surface area contributed by atoms with Crippen molar-refractivity contribution in [1.82, 2.24) is 4.98 Å². The zero-order valence-corrected chi connectivity index (χ0v) is 13.1. The number of carbonyl (C=O) groups is 1. The number of benzene rings is 1.